The van der Waals surface area contributed by atoms with Crippen LogP contribution >= 0.6 is 0 Å². The summed E-state index contributed by atoms with van der Waals surface area (Å²) in [6.07, 6.45) is 7.78. The number of anilines is 1. The minimum Gasteiger partial charge on any atom is -0.353 e. The Balaban J connectivity index is 1.62. The Morgan fingerprint density at radius 3 is 2.78 bits per heavy atom. The van der Waals surface area contributed by atoms with Crippen LogP contribution < -0.4 is 10.2 Å². The summed E-state index contributed by atoms with van der Waals surface area (Å²) in [5, 5.41) is 3.09. The van der Waals surface area contributed by atoms with Gasteiger partial charge in [0.05, 0.1) is 5.92 Å². The van der Waals surface area contributed by atoms with Gasteiger partial charge < -0.3 is 10.2 Å². The highest BCUT2D eigenvalue weighted by molar-refractivity contribution is 5.80. The topological polar surface area (TPSA) is 58.1 Å². The van der Waals surface area contributed by atoms with E-state index in [9.17, 15) is 4.79 Å². The molecule has 0 bridgehead atoms. The fourth-order valence-corrected chi connectivity index (χ4v) is 2.37. The summed E-state index contributed by atoms with van der Waals surface area (Å²) in [4.78, 5) is 22.7. The molecule has 0 spiro atoms. The van der Waals surface area contributed by atoms with Gasteiger partial charge in [0.25, 0.3) is 0 Å². The summed E-state index contributed by atoms with van der Waals surface area (Å²) in [6.45, 7) is 1.68. The molecule has 1 saturated carbocycles. The van der Waals surface area contributed by atoms with E-state index in [-0.39, 0.29) is 11.8 Å². The Hall–Kier alpha value is -1.65. The van der Waals surface area contributed by atoms with Crippen LogP contribution in [0, 0.1) is 5.92 Å². The lowest BCUT2D eigenvalue weighted by atomic mass is 9.97. The number of nitrogens with zero attached hydrogens (tertiary/aromatic N) is 3. The lowest BCUT2D eigenvalue weighted by Gasteiger charge is -2.31. The van der Waals surface area contributed by atoms with Gasteiger partial charge in [-0.05, 0) is 31.7 Å². The van der Waals surface area contributed by atoms with Gasteiger partial charge in [-0.3, -0.25) is 4.79 Å². The zero-order valence-corrected chi connectivity index (χ0v) is 10.4. The van der Waals surface area contributed by atoms with Gasteiger partial charge in [0.1, 0.15) is 0 Å². The maximum absolute atomic E-state index is 12.0. The molecule has 1 aliphatic carbocycles. The van der Waals surface area contributed by atoms with Gasteiger partial charge in [-0.25, -0.2) is 9.97 Å². The summed E-state index contributed by atoms with van der Waals surface area (Å²) >= 11 is 0. The second-order valence-electron chi connectivity index (χ2n) is 5.12. The predicted octanol–water partition coefficient (Wildman–Crippen LogP) is 0.972. The third kappa shape index (κ3) is 2.60. The van der Waals surface area contributed by atoms with Crippen molar-refractivity contribution in [1.29, 1.82) is 0 Å². The van der Waals surface area contributed by atoms with Gasteiger partial charge in [-0.1, -0.05) is 0 Å². The molecule has 0 radical (unpaired) electrons. The van der Waals surface area contributed by atoms with E-state index >= 15 is 0 Å². The van der Waals surface area contributed by atoms with Crippen LogP contribution in [0.1, 0.15) is 25.7 Å². The number of nitrogens with one attached hydrogen (secondary N) is 1. The highest BCUT2D eigenvalue weighted by Gasteiger charge is 2.30. The summed E-state index contributed by atoms with van der Waals surface area (Å²) in [6, 6.07) is 2.26. The highest BCUT2D eigenvalue weighted by atomic mass is 16.2. The van der Waals surface area contributed by atoms with E-state index in [1.165, 1.54) is 0 Å². The zero-order valence-electron chi connectivity index (χ0n) is 10.4. The molecule has 1 amide bonds. The van der Waals surface area contributed by atoms with Crippen molar-refractivity contribution in [1.82, 2.24) is 15.3 Å². The number of hydrogen-bond donors (Lipinski definition) is 1. The molecule has 1 aliphatic heterocycles. The Labute approximate surface area is 107 Å². The molecule has 3 rings (SSSR count). The van der Waals surface area contributed by atoms with E-state index in [0.717, 1.165) is 44.7 Å². The second kappa shape index (κ2) is 4.92. The highest BCUT2D eigenvalue weighted by Crippen LogP contribution is 2.23. The van der Waals surface area contributed by atoms with E-state index < -0.39 is 0 Å². The molecule has 96 valence electrons. The van der Waals surface area contributed by atoms with Gasteiger partial charge in [0.2, 0.25) is 11.9 Å². The first-order valence-electron chi connectivity index (χ1n) is 6.65. The molecular weight excluding hydrogens is 228 g/mol. The number of piperidine rings is 1. The summed E-state index contributed by atoms with van der Waals surface area (Å²) in [5.41, 5.74) is 0. The molecule has 5 nitrogen and oxygen atoms in total. The Morgan fingerprint density at radius 1 is 1.28 bits per heavy atom. The van der Waals surface area contributed by atoms with Crippen molar-refractivity contribution >= 4 is 11.9 Å². The maximum atomic E-state index is 12.0. The lowest BCUT2D eigenvalue weighted by Crippen LogP contribution is -2.44. The molecule has 1 atom stereocenters. The molecular formula is C13H18N4O. The first kappa shape index (κ1) is 11.4. The minimum atomic E-state index is 0.0863. The Morgan fingerprint density at radius 2 is 2.06 bits per heavy atom. The van der Waals surface area contributed by atoms with Crippen LogP contribution in [0.4, 0.5) is 5.95 Å². The van der Waals surface area contributed by atoms with Gasteiger partial charge in [0.15, 0.2) is 0 Å². The van der Waals surface area contributed by atoms with Gasteiger partial charge in [-0.15, -0.1) is 0 Å². The van der Waals surface area contributed by atoms with Gasteiger partial charge in [-0.2, -0.15) is 0 Å². The van der Waals surface area contributed by atoms with Crippen LogP contribution in [0.5, 0.6) is 0 Å². The molecule has 1 N–H and O–H groups in total. The number of aromatic nitrogens is 2. The second-order valence-corrected chi connectivity index (χ2v) is 5.12. The average Bonchev–Trinajstić information content (AvgIpc) is 3.24. The summed E-state index contributed by atoms with van der Waals surface area (Å²) in [7, 11) is 0. The van der Waals surface area contributed by atoms with E-state index in [1.807, 2.05) is 6.07 Å². The normalized spacial score (nSPS) is 23.8. The van der Waals surface area contributed by atoms with Crippen LogP contribution in [0.15, 0.2) is 18.5 Å². The first-order chi connectivity index (χ1) is 8.83. The van der Waals surface area contributed by atoms with E-state index in [1.54, 1.807) is 12.4 Å². The van der Waals surface area contributed by atoms with Crippen LogP contribution in [0.2, 0.25) is 0 Å². The largest absolute Gasteiger partial charge is 0.353 e. The van der Waals surface area contributed by atoms with Crippen molar-refractivity contribution in [3.63, 3.8) is 0 Å². The van der Waals surface area contributed by atoms with Crippen LogP contribution in [-0.4, -0.2) is 35.0 Å². The van der Waals surface area contributed by atoms with Crippen molar-refractivity contribution in [2.75, 3.05) is 18.0 Å². The quantitative estimate of drug-likeness (QED) is 0.863. The van der Waals surface area contributed by atoms with Crippen LogP contribution in [-0.2, 0) is 4.79 Å². The van der Waals surface area contributed by atoms with Crippen molar-refractivity contribution < 1.29 is 4.79 Å². The number of hydrogen-bond acceptors (Lipinski definition) is 4. The standard InChI is InChI=1S/C13H18N4O/c18-12(16-11-4-5-11)10-3-1-8-17(9-10)13-14-6-2-7-15-13/h2,6-7,10-11H,1,3-5,8-9H2,(H,16,18). The third-order valence-electron chi connectivity index (χ3n) is 3.55. The monoisotopic (exact) mass is 246 g/mol. The number of carbonyl (C=O) groups excluding carboxylic acids is 1. The Kier molecular flexibility index (Phi) is 3.13. The van der Waals surface area contributed by atoms with Crippen molar-refractivity contribution in [2.45, 2.75) is 31.7 Å². The third-order valence-corrected chi connectivity index (χ3v) is 3.55. The summed E-state index contributed by atoms with van der Waals surface area (Å²) in [5.74, 6) is 1.03. The molecule has 1 aromatic rings. The molecule has 2 fully saturated rings. The van der Waals surface area contributed by atoms with Gasteiger partial charge >= 0.3 is 0 Å². The van der Waals surface area contributed by atoms with Crippen LogP contribution in [0.3, 0.4) is 0 Å². The maximum Gasteiger partial charge on any atom is 0.225 e. The lowest BCUT2D eigenvalue weighted by molar-refractivity contribution is -0.125. The molecule has 1 saturated heterocycles. The number of rotatable bonds is 3. The molecule has 0 aromatic carbocycles. The molecule has 2 heterocycles. The van der Waals surface area contributed by atoms with Crippen molar-refractivity contribution in [3.8, 4) is 0 Å². The zero-order chi connectivity index (χ0) is 12.4. The van der Waals surface area contributed by atoms with E-state index in [0.29, 0.717) is 6.04 Å². The molecule has 18 heavy (non-hydrogen) atoms. The molecule has 2 aliphatic rings. The van der Waals surface area contributed by atoms with Crippen molar-refractivity contribution in [3.05, 3.63) is 18.5 Å². The number of carbonyl (C=O) groups is 1. The SMILES string of the molecule is O=C(NC1CC1)C1CCCN(c2ncccn2)C1. The van der Waals surface area contributed by atoms with Gasteiger partial charge in [0, 0.05) is 31.5 Å². The first-order valence-corrected chi connectivity index (χ1v) is 6.65. The van der Waals surface area contributed by atoms with E-state index in [4.69, 9.17) is 0 Å². The Bertz CT molecular complexity index is 418. The predicted molar refractivity (Wildman–Crippen MR) is 68.1 cm³/mol. The smallest absolute Gasteiger partial charge is 0.225 e. The average molecular weight is 246 g/mol. The summed E-state index contributed by atoms with van der Waals surface area (Å²) < 4.78 is 0. The van der Waals surface area contributed by atoms with Crippen LogP contribution in [0.25, 0.3) is 0 Å². The fraction of sp³-hybridized carbons (Fsp3) is 0.615. The molecule has 1 unspecified atom stereocenters. The molecule has 5 heteroatoms. The minimum absolute atomic E-state index is 0.0863. The van der Waals surface area contributed by atoms with E-state index in [2.05, 4.69) is 20.2 Å². The number of amides is 1. The molecule has 1 aromatic heterocycles. The fourth-order valence-electron chi connectivity index (χ4n) is 2.37. The van der Waals surface area contributed by atoms with Crippen molar-refractivity contribution in [2.24, 2.45) is 5.92 Å².